The van der Waals surface area contributed by atoms with Gasteiger partial charge in [0.2, 0.25) is 0 Å². The highest BCUT2D eigenvalue weighted by Gasteiger charge is 2.24. The van der Waals surface area contributed by atoms with Gasteiger partial charge in [-0.2, -0.15) is 0 Å². The van der Waals surface area contributed by atoms with E-state index in [1.54, 1.807) is 6.92 Å². The summed E-state index contributed by atoms with van der Waals surface area (Å²) in [5.41, 5.74) is 0.431. The molecule has 1 saturated heterocycles. The number of epoxide rings is 1. The second-order valence-corrected chi connectivity index (χ2v) is 4.51. The Morgan fingerprint density at radius 3 is 2.05 bits per heavy atom. The first kappa shape index (κ1) is 21.0. The summed E-state index contributed by atoms with van der Waals surface area (Å²) in [6, 6.07) is 0. The Balaban J connectivity index is 0. The molecule has 1 aliphatic rings. The highest BCUT2D eigenvalue weighted by Crippen LogP contribution is 2.09. The van der Waals surface area contributed by atoms with Crippen molar-refractivity contribution >= 4 is 35.1 Å². The molecule has 1 unspecified atom stereocenters. The lowest BCUT2D eigenvalue weighted by Gasteiger charge is -1.99. The molecule has 0 saturated carbocycles. The lowest BCUT2D eigenvalue weighted by Crippen LogP contribution is -2.09. The Morgan fingerprint density at radius 1 is 1.40 bits per heavy atom. The van der Waals surface area contributed by atoms with Crippen LogP contribution in [-0.4, -0.2) is 38.4 Å². The maximum Gasteiger partial charge on any atom is 0.333 e. The largest absolute Gasteiger partial charge is 0.466 e. The van der Waals surface area contributed by atoms with Gasteiger partial charge in [0.05, 0.1) is 18.2 Å². The topological polar surface area (TPSA) is 65.1 Å². The first-order chi connectivity index (χ1) is 9.24. The molecule has 1 fully saturated rings. The van der Waals surface area contributed by atoms with E-state index in [-0.39, 0.29) is 16.6 Å². The normalized spacial score (nSPS) is 14.3. The molecule has 0 aromatic heterocycles. The molecule has 0 N–H and O–H groups in total. The maximum atomic E-state index is 10.7. The number of carbonyl (C=O) groups excluding carboxylic acids is 2. The zero-order chi connectivity index (χ0) is 16.1. The van der Waals surface area contributed by atoms with Gasteiger partial charge in [0.1, 0.15) is 12.7 Å². The van der Waals surface area contributed by atoms with E-state index in [0.717, 1.165) is 6.08 Å². The van der Waals surface area contributed by atoms with Gasteiger partial charge in [0.25, 0.3) is 0 Å². The third-order valence-electron chi connectivity index (χ3n) is 1.52. The number of halogens is 2. The van der Waals surface area contributed by atoms with Gasteiger partial charge < -0.3 is 14.2 Å². The molecule has 0 aromatic carbocycles. The summed E-state index contributed by atoms with van der Waals surface area (Å²) in [5.74, 6) is -0.731. The SMILES string of the molecule is C=C(C)C(=O)OCC1CO1.C=C(Cl)Cl.C=CC(=O)OC. The smallest absolute Gasteiger partial charge is 0.333 e. The minimum atomic E-state index is -0.394. The molecular formula is C13H18Cl2O5. The van der Waals surface area contributed by atoms with E-state index >= 15 is 0 Å². The maximum absolute atomic E-state index is 10.7. The molecule has 0 bridgehead atoms. The van der Waals surface area contributed by atoms with Crippen LogP contribution in [0.3, 0.4) is 0 Å². The van der Waals surface area contributed by atoms with E-state index in [2.05, 4.69) is 24.5 Å². The quantitative estimate of drug-likeness (QED) is 0.452. The minimum Gasteiger partial charge on any atom is -0.466 e. The van der Waals surface area contributed by atoms with Crippen LogP contribution in [0, 0.1) is 0 Å². The third kappa shape index (κ3) is 19.0. The average molecular weight is 325 g/mol. The Kier molecular flexibility index (Phi) is 13.4. The number of esters is 2. The fourth-order valence-corrected chi connectivity index (χ4v) is 0.539. The number of hydrogen-bond acceptors (Lipinski definition) is 5. The van der Waals surface area contributed by atoms with Gasteiger partial charge in [-0.25, -0.2) is 9.59 Å². The van der Waals surface area contributed by atoms with Crippen molar-refractivity contribution in [2.24, 2.45) is 0 Å². The van der Waals surface area contributed by atoms with Crippen molar-refractivity contribution in [1.29, 1.82) is 0 Å². The third-order valence-corrected chi connectivity index (χ3v) is 1.52. The molecule has 1 rings (SSSR count). The molecular weight excluding hydrogens is 307 g/mol. The molecule has 7 heteroatoms. The van der Waals surface area contributed by atoms with Gasteiger partial charge in [0, 0.05) is 11.6 Å². The summed E-state index contributed by atoms with van der Waals surface area (Å²) in [6.45, 7) is 12.4. The zero-order valence-electron chi connectivity index (χ0n) is 11.5. The number of hydrogen-bond donors (Lipinski definition) is 0. The van der Waals surface area contributed by atoms with E-state index in [1.807, 2.05) is 0 Å². The standard InChI is InChI=1S/C7H10O3.C4H6O2.C2H2Cl2/c1-5(2)7(8)10-4-6-3-9-6;1-3-4(5)6-2;1-2(3)4/h6H,1,3-4H2,2H3;3H,1H2,2H3;1H2. The van der Waals surface area contributed by atoms with Gasteiger partial charge in [-0.05, 0) is 6.92 Å². The number of ether oxygens (including phenoxy) is 3. The predicted molar refractivity (Wildman–Crippen MR) is 78.6 cm³/mol. The van der Waals surface area contributed by atoms with Crippen molar-refractivity contribution in [2.45, 2.75) is 13.0 Å². The second kappa shape index (κ2) is 12.7. The predicted octanol–water partition coefficient (Wildman–Crippen LogP) is 2.79. The highest BCUT2D eigenvalue weighted by atomic mass is 35.5. The molecule has 20 heavy (non-hydrogen) atoms. The van der Waals surface area contributed by atoms with E-state index in [1.165, 1.54) is 7.11 Å². The van der Waals surface area contributed by atoms with Gasteiger partial charge in [-0.1, -0.05) is 42.9 Å². The van der Waals surface area contributed by atoms with Gasteiger partial charge >= 0.3 is 11.9 Å². The van der Waals surface area contributed by atoms with Crippen molar-refractivity contribution in [3.63, 3.8) is 0 Å². The Hall–Kier alpha value is -1.30. The van der Waals surface area contributed by atoms with E-state index in [9.17, 15) is 9.59 Å². The molecule has 0 radical (unpaired) electrons. The Morgan fingerprint density at radius 2 is 1.85 bits per heavy atom. The van der Waals surface area contributed by atoms with Gasteiger partial charge in [-0.15, -0.1) is 0 Å². The summed E-state index contributed by atoms with van der Waals surface area (Å²) < 4.78 is 13.8. The first-order valence-corrected chi connectivity index (χ1v) is 6.14. The number of methoxy groups -OCH3 is 1. The minimum absolute atomic E-state index is 0.111. The number of rotatable bonds is 4. The van der Waals surface area contributed by atoms with Crippen LogP contribution in [0.1, 0.15) is 6.92 Å². The van der Waals surface area contributed by atoms with Crippen molar-refractivity contribution in [3.05, 3.63) is 35.9 Å². The van der Waals surface area contributed by atoms with E-state index < -0.39 is 5.97 Å². The van der Waals surface area contributed by atoms with Gasteiger partial charge in [0.15, 0.2) is 0 Å². The van der Waals surface area contributed by atoms with Crippen LogP contribution >= 0.6 is 23.2 Å². The summed E-state index contributed by atoms with van der Waals surface area (Å²) in [5, 5.41) is 0. The molecule has 0 aromatic rings. The highest BCUT2D eigenvalue weighted by molar-refractivity contribution is 6.55. The molecule has 1 atom stereocenters. The van der Waals surface area contributed by atoms with Gasteiger partial charge in [-0.3, -0.25) is 0 Å². The molecule has 0 amide bonds. The first-order valence-electron chi connectivity index (χ1n) is 5.39. The summed E-state index contributed by atoms with van der Waals surface area (Å²) in [6.07, 6.45) is 1.25. The fourth-order valence-electron chi connectivity index (χ4n) is 0.539. The lowest BCUT2D eigenvalue weighted by atomic mass is 10.4. The Labute approximate surface area is 128 Å². The summed E-state index contributed by atoms with van der Waals surface area (Å²) >= 11 is 9.69. The molecule has 1 heterocycles. The molecule has 0 spiro atoms. The lowest BCUT2D eigenvalue weighted by molar-refractivity contribution is -0.139. The van der Waals surface area contributed by atoms with Crippen LogP contribution < -0.4 is 0 Å². The van der Waals surface area contributed by atoms with Crippen molar-refractivity contribution in [2.75, 3.05) is 20.3 Å². The zero-order valence-corrected chi connectivity index (χ0v) is 13.0. The second-order valence-electron chi connectivity index (χ2n) is 3.40. The summed E-state index contributed by atoms with van der Waals surface area (Å²) in [4.78, 5) is 20.5. The van der Waals surface area contributed by atoms with E-state index in [4.69, 9.17) is 32.7 Å². The van der Waals surface area contributed by atoms with Crippen molar-refractivity contribution in [3.8, 4) is 0 Å². The summed E-state index contributed by atoms with van der Waals surface area (Å²) in [7, 11) is 1.31. The van der Waals surface area contributed by atoms with Crippen molar-refractivity contribution < 1.29 is 23.8 Å². The van der Waals surface area contributed by atoms with E-state index in [0.29, 0.717) is 18.8 Å². The van der Waals surface area contributed by atoms with Crippen LogP contribution in [0.25, 0.3) is 0 Å². The monoisotopic (exact) mass is 324 g/mol. The van der Waals surface area contributed by atoms with Crippen LogP contribution in [0.2, 0.25) is 0 Å². The molecule has 1 aliphatic heterocycles. The number of carbonyl (C=O) groups is 2. The van der Waals surface area contributed by atoms with Crippen molar-refractivity contribution in [1.82, 2.24) is 0 Å². The molecule has 5 nitrogen and oxygen atoms in total. The van der Waals surface area contributed by atoms with Crippen LogP contribution in [0.5, 0.6) is 0 Å². The molecule has 0 aliphatic carbocycles. The Bertz CT molecular complexity index is 358. The van der Waals surface area contributed by atoms with Crippen LogP contribution in [0.4, 0.5) is 0 Å². The molecule has 114 valence electrons. The van der Waals surface area contributed by atoms with Crippen LogP contribution in [-0.2, 0) is 23.8 Å². The fraction of sp³-hybridized carbons (Fsp3) is 0.385. The van der Waals surface area contributed by atoms with Crippen LogP contribution in [0.15, 0.2) is 35.9 Å². The average Bonchev–Trinajstić information content (AvgIpc) is 3.18.